The second kappa shape index (κ2) is 8.81. The summed E-state index contributed by atoms with van der Waals surface area (Å²) in [6.07, 6.45) is 7.66. The zero-order chi connectivity index (χ0) is 22.9. The molecule has 1 saturated heterocycles. The van der Waals surface area contributed by atoms with Gasteiger partial charge in [-0.2, -0.15) is 15.3 Å². The monoisotopic (exact) mass is 488 g/mol. The first-order valence-corrected chi connectivity index (χ1v) is 10.7. The molecule has 5 rings (SSSR count). The molecular weight excluding hydrogens is 471 g/mol. The summed E-state index contributed by atoms with van der Waals surface area (Å²) in [6.45, 7) is 3.77. The van der Waals surface area contributed by atoms with Gasteiger partial charge in [-0.05, 0) is 13.0 Å². The first-order valence-electron chi connectivity index (χ1n) is 9.98. The Bertz CT molecular complexity index is 1310. The maximum absolute atomic E-state index is 12.8. The molecule has 4 aromatic rings. The molecule has 2 amide bonds. The van der Waals surface area contributed by atoms with Gasteiger partial charge in [-0.3, -0.25) is 0 Å². The van der Waals surface area contributed by atoms with Gasteiger partial charge in [0, 0.05) is 12.6 Å². The summed E-state index contributed by atoms with van der Waals surface area (Å²) in [4.78, 5) is 24.8. The molecule has 1 aliphatic heterocycles. The SMILES string of the molecule is CC1COCCN1c1c(NC(=O)Nc2cnc(-n3nccn3)c(Cl)c2)cnn2cc(Cl)nc12. The lowest BCUT2D eigenvalue weighted by Crippen LogP contribution is -2.44. The van der Waals surface area contributed by atoms with Gasteiger partial charge in [-0.1, -0.05) is 23.2 Å². The van der Waals surface area contributed by atoms with Gasteiger partial charge in [-0.25, -0.2) is 19.3 Å². The predicted molar refractivity (Wildman–Crippen MR) is 122 cm³/mol. The Morgan fingerprint density at radius 3 is 2.76 bits per heavy atom. The molecule has 14 heteroatoms. The van der Waals surface area contributed by atoms with E-state index in [1.54, 1.807) is 23.0 Å². The summed E-state index contributed by atoms with van der Waals surface area (Å²) in [5.74, 6) is 0.349. The smallest absolute Gasteiger partial charge is 0.323 e. The molecule has 0 spiro atoms. The Morgan fingerprint density at radius 2 is 2.00 bits per heavy atom. The Balaban J connectivity index is 1.41. The minimum Gasteiger partial charge on any atom is -0.377 e. The Labute approximate surface area is 197 Å². The number of carbonyl (C=O) groups is 1. The van der Waals surface area contributed by atoms with Gasteiger partial charge >= 0.3 is 6.03 Å². The zero-order valence-corrected chi connectivity index (χ0v) is 18.8. The van der Waals surface area contributed by atoms with Gasteiger partial charge < -0.3 is 20.3 Å². The van der Waals surface area contributed by atoms with Crippen LogP contribution in [0.4, 0.5) is 21.9 Å². The van der Waals surface area contributed by atoms with Crippen molar-refractivity contribution in [3.63, 3.8) is 0 Å². The number of nitrogens with zero attached hydrogens (tertiary/aromatic N) is 8. The van der Waals surface area contributed by atoms with E-state index in [9.17, 15) is 4.79 Å². The van der Waals surface area contributed by atoms with Crippen LogP contribution in [0.25, 0.3) is 11.5 Å². The van der Waals surface area contributed by atoms with Crippen LogP contribution in [0, 0.1) is 0 Å². The highest BCUT2D eigenvalue weighted by Gasteiger charge is 2.26. The summed E-state index contributed by atoms with van der Waals surface area (Å²) in [7, 11) is 0. The molecule has 0 radical (unpaired) electrons. The lowest BCUT2D eigenvalue weighted by molar-refractivity contribution is 0.0991. The number of rotatable bonds is 4. The highest BCUT2D eigenvalue weighted by atomic mass is 35.5. The van der Waals surface area contributed by atoms with Crippen molar-refractivity contribution in [2.75, 3.05) is 35.3 Å². The van der Waals surface area contributed by atoms with Crippen molar-refractivity contribution in [3.05, 3.63) is 47.2 Å². The second-order valence-corrected chi connectivity index (χ2v) is 8.08. The fraction of sp³-hybridized carbons (Fsp3) is 0.263. The zero-order valence-electron chi connectivity index (χ0n) is 17.3. The summed E-state index contributed by atoms with van der Waals surface area (Å²) in [5.41, 5.74) is 2.12. The van der Waals surface area contributed by atoms with Crippen molar-refractivity contribution in [1.29, 1.82) is 0 Å². The van der Waals surface area contributed by atoms with E-state index in [0.29, 0.717) is 53.4 Å². The maximum atomic E-state index is 12.8. The van der Waals surface area contributed by atoms with E-state index in [1.165, 1.54) is 23.4 Å². The molecule has 0 bridgehead atoms. The van der Waals surface area contributed by atoms with Crippen molar-refractivity contribution in [2.24, 2.45) is 0 Å². The average Bonchev–Trinajstić information content (AvgIpc) is 3.44. The number of urea groups is 1. The van der Waals surface area contributed by atoms with Crippen LogP contribution in [0.2, 0.25) is 10.2 Å². The number of morpholine rings is 1. The third-order valence-electron chi connectivity index (χ3n) is 5.03. The second-order valence-electron chi connectivity index (χ2n) is 7.28. The molecule has 12 nitrogen and oxygen atoms in total. The van der Waals surface area contributed by atoms with Crippen LogP contribution < -0.4 is 15.5 Å². The number of aromatic nitrogens is 7. The van der Waals surface area contributed by atoms with Crippen LogP contribution >= 0.6 is 23.2 Å². The number of amides is 2. The normalized spacial score (nSPS) is 16.2. The fourth-order valence-electron chi connectivity index (χ4n) is 3.58. The third kappa shape index (κ3) is 4.27. The molecule has 0 aliphatic carbocycles. The Hall–Kier alpha value is -3.48. The van der Waals surface area contributed by atoms with Crippen molar-refractivity contribution < 1.29 is 9.53 Å². The van der Waals surface area contributed by atoms with Gasteiger partial charge in [0.2, 0.25) is 0 Å². The van der Waals surface area contributed by atoms with Crippen molar-refractivity contribution >= 4 is 51.9 Å². The molecular formula is C19H18Cl2N10O2. The number of anilines is 3. The largest absolute Gasteiger partial charge is 0.377 e. The van der Waals surface area contributed by atoms with Crippen LogP contribution in [-0.4, -0.2) is 66.4 Å². The van der Waals surface area contributed by atoms with Gasteiger partial charge in [0.15, 0.2) is 11.5 Å². The van der Waals surface area contributed by atoms with Gasteiger partial charge in [0.1, 0.15) is 10.8 Å². The van der Waals surface area contributed by atoms with Crippen molar-refractivity contribution in [1.82, 2.24) is 34.6 Å². The highest BCUT2D eigenvalue weighted by molar-refractivity contribution is 6.32. The van der Waals surface area contributed by atoms with E-state index < -0.39 is 6.03 Å². The number of ether oxygens (including phenoxy) is 1. The van der Waals surface area contributed by atoms with Crippen molar-refractivity contribution in [2.45, 2.75) is 13.0 Å². The Morgan fingerprint density at radius 1 is 1.18 bits per heavy atom. The van der Waals surface area contributed by atoms with Crippen LogP contribution in [0.3, 0.4) is 0 Å². The lowest BCUT2D eigenvalue weighted by Gasteiger charge is -2.36. The number of fused-ring (bicyclic) bond motifs is 1. The average molecular weight is 489 g/mol. The summed E-state index contributed by atoms with van der Waals surface area (Å²) in [6, 6.07) is 1.13. The summed E-state index contributed by atoms with van der Waals surface area (Å²) in [5, 5.41) is 18.5. The van der Waals surface area contributed by atoms with E-state index in [4.69, 9.17) is 27.9 Å². The predicted octanol–water partition coefficient (Wildman–Crippen LogP) is 2.88. The van der Waals surface area contributed by atoms with Crippen LogP contribution in [0.15, 0.2) is 37.1 Å². The molecule has 1 unspecified atom stereocenters. The lowest BCUT2D eigenvalue weighted by atomic mass is 10.2. The molecule has 170 valence electrons. The molecule has 4 aromatic heterocycles. The third-order valence-corrected chi connectivity index (χ3v) is 5.49. The van der Waals surface area contributed by atoms with E-state index in [-0.39, 0.29) is 11.1 Å². The first kappa shape index (κ1) is 21.4. The van der Waals surface area contributed by atoms with E-state index in [2.05, 4.69) is 40.8 Å². The molecule has 33 heavy (non-hydrogen) atoms. The maximum Gasteiger partial charge on any atom is 0.323 e. The van der Waals surface area contributed by atoms with E-state index >= 15 is 0 Å². The topological polar surface area (TPSA) is 127 Å². The summed E-state index contributed by atoms with van der Waals surface area (Å²) >= 11 is 12.4. The van der Waals surface area contributed by atoms with Crippen LogP contribution in [-0.2, 0) is 4.74 Å². The molecule has 1 aliphatic rings. The molecule has 1 atom stereocenters. The number of hydrogen-bond acceptors (Lipinski definition) is 8. The number of carbonyl (C=O) groups excluding carboxylic acids is 1. The number of nitrogens with one attached hydrogen (secondary N) is 2. The Kier molecular flexibility index (Phi) is 5.70. The number of pyridine rings is 1. The van der Waals surface area contributed by atoms with E-state index in [0.717, 1.165) is 0 Å². The fourth-order valence-corrected chi connectivity index (χ4v) is 4.00. The number of hydrogen-bond donors (Lipinski definition) is 2. The highest BCUT2D eigenvalue weighted by Crippen LogP contribution is 2.33. The first-order chi connectivity index (χ1) is 16.0. The minimum atomic E-state index is -0.496. The van der Waals surface area contributed by atoms with E-state index in [1.807, 2.05) is 6.92 Å². The number of halogens is 2. The van der Waals surface area contributed by atoms with Gasteiger partial charge in [0.25, 0.3) is 0 Å². The summed E-state index contributed by atoms with van der Waals surface area (Å²) < 4.78 is 7.14. The van der Waals surface area contributed by atoms with Crippen LogP contribution in [0.5, 0.6) is 0 Å². The van der Waals surface area contributed by atoms with Crippen LogP contribution in [0.1, 0.15) is 6.92 Å². The quantitative estimate of drug-likeness (QED) is 0.448. The molecule has 5 heterocycles. The molecule has 2 N–H and O–H groups in total. The van der Waals surface area contributed by atoms with Gasteiger partial charge in [-0.15, -0.1) is 4.80 Å². The van der Waals surface area contributed by atoms with Gasteiger partial charge in [0.05, 0.1) is 60.6 Å². The molecule has 1 fully saturated rings. The minimum absolute atomic E-state index is 0.0653. The molecule has 0 saturated carbocycles. The number of imidazole rings is 1. The van der Waals surface area contributed by atoms with Crippen molar-refractivity contribution in [3.8, 4) is 5.82 Å². The molecule has 0 aromatic carbocycles. The standard InChI is InChI=1S/C19H18Cl2N10O2/c1-11-10-33-5-4-29(11)16-14(8-25-30-9-15(21)28-18(16)30)27-19(32)26-12-6-13(20)17(22-7-12)31-23-2-3-24-31/h2-3,6-9,11H,4-5,10H2,1H3,(H2,26,27,32).